The molecule has 3 rings (SSSR count). The Morgan fingerprint density at radius 3 is 2.27 bits per heavy atom. The predicted molar refractivity (Wildman–Crippen MR) is 106 cm³/mol. The van der Waals surface area contributed by atoms with Crippen LogP contribution in [0, 0.1) is 6.92 Å². The number of hydrogen-bond acceptors (Lipinski definition) is 4. The first-order valence-corrected chi connectivity index (χ1v) is 9.13. The van der Waals surface area contributed by atoms with Crippen LogP contribution in [0.15, 0.2) is 48.5 Å². The van der Waals surface area contributed by atoms with E-state index in [2.05, 4.69) is 41.4 Å². The SMILES string of the molecule is COc1ccc(N2CCN(C(=O)CCNc3ccc(C)cc3)CC2)cc1. The Morgan fingerprint density at radius 1 is 1.00 bits per heavy atom. The van der Waals surface area contributed by atoms with E-state index in [0.29, 0.717) is 13.0 Å². The van der Waals surface area contributed by atoms with Crippen molar-refractivity contribution in [2.75, 3.05) is 50.1 Å². The highest BCUT2D eigenvalue weighted by Gasteiger charge is 2.20. The van der Waals surface area contributed by atoms with Gasteiger partial charge >= 0.3 is 0 Å². The Balaban J connectivity index is 1.42. The third kappa shape index (κ3) is 4.69. The first-order valence-electron chi connectivity index (χ1n) is 9.13. The van der Waals surface area contributed by atoms with Crippen molar-refractivity contribution in [2.24, 2.45) is 0 Å². The Morgan fingerprint density at radius 2 is 1.65 bits per heavy atom. The molecular weight excluding hydrogens is 326 g/mol. The second-order valence-electron chi connectivity index (χ2n) is 6.61. The highest BCUT2D eigenvalue weighted by molar-refractivity contribution is 5.77. The number of piperazine rings is 1. The summed E-state index contributed by atoms with van der Waals surface area (Å²) >= 11 is 0. The highest BCUT2D eigenvalue weighted by atomic mass is 16.5. The zero-order chi connectivity index (χ0) is 18.4. The van der Waals surface area contributed by atoms with Gasteiger partial charge in [-0.15, -0.1) is 0 Å². The van der Waals surface area contributed by atoms with Crippen LogP contribution in [0.1, 0.15) is 12.0 Å². The average molecular weight is 353 g/mol. The molecule has 2 aromatic carbocycles. The molecule has 0 unspecified atom stereocenters. The topological polar surface area (TPSA) is 44.8 Å². The third-order valence-electron chi connectivity index (χ3n) is 4.79. The summed E-state index contributed by atoms with van der Waals surface area (Å²) in [6.07, 6.45) is 0.524. The van der Waals surface area contributed by atoms with Crippen molar-refractivity contribution < 1.29 is 9.53 Å². The van der Waals surface area contributed by atoms with Gasteiger partial charge in [-0.25, -0.2) is 0 Å². The van der Waals surface area contributed by atoms with Gasteiger partial charge in [-0.05, 0) is 43.3 Å². The van der Waals surface area contributed by atoms with Gasteiger partial charge in [0.1, 0.15) is 5.75 Å². The molecule has 138 valence electrons. The van der Waals surface area contributed by atoms with Crippen molar-refractivity contribution in [3.05, 3.63) is 54.1 Å². The van der Waals surface area contributed by atoms with E-state index in [9.17, 15) is 4.79 Å². The number of nitrogens with zero attached hydrogens (tertiary/aromatic N) is 2. The second kappa shape index (κ2) is 8.61. The molecule has 0 radical (unpaired) electrons. The van der Waals surface area contributed by atoms with Gasteiger partial charge in [0, 0.05) is 50.5 Å². The summed E-state index contributed by atoms with van der Waals surface area (Å²) in [4.78, 5) is 16.7. The standard InChI is InChI=1S/C21H27N3O2/c1-17-3-5-18(6-4-17)22-12-11-21(25)24-15-13-23(14-16-24)19-7-9-20(26-2)10-8-19/h3-10,22H,11-16H2,1-2H3. The van der Waals surface area contributed by atoms with Crippen LogP contribution >= 0.6 is 0 Å². The summed E-state index contributed by atoms with van der Waals surface area (Å²) in [5.41, 5.74) is 3.48. The molecule has 0 saturated carbocycles. The number of methoxy groups -OCH3 is 1. The van der Waals surface area contributed by atoms with Crippen LogP contribution in [0.4, 0.5) is 11.4 Å². The van der Waals surface area contributed by atoms with Crippen LogP contribution in [0.3, 0.4) is 0 Å². The number of rotatable bonds is 6. The fraction of sp³-hybridized carbons (Fsp3) is 0.381. The van der Waals surface area contributed by atoms with Gasteiger partial charge in [0.25, 0.3) is 0 Å². The Hall–Kier alpha value is -2.69. The fourth-order valence-electron chi connectivity index (χ4n) is 3.15. The average Bonchev–Trinajstić information content (AvgIpc) is 2.69. The summed E-state index contributed by atoms with van der Waals surface area (Å²) in [6.45, 7) is 6.01. The molecule has 0 spiro atoms. The summed E-state index contributed by atoms with van der Waals surface area (Å²) in [5.74, 6) is 1.09. The molecule has 5 nitrogen and oxygen atoms in total. The Kier molecular flexibility index (Phi) is 6.00. The maximum Gasteiger partial charge on any atom is 0.224 e. The van der Waals surface area contributed by atoms with Crippen LogP contribution in [0.5, 0.6) is 5.75 Å². The van der Waals surface area contributed by atoms with Crippen LogP contribution in [0.2, 0.25) is 0 Å². The van der Waals surface area contributed by atoms with Crippen molar-refractivity contribution in [3.63, 3.8) is 0 Å². The molecule has 1 amide bonds. The lowest BCUT2D eigenvalue weighted by Gasteiger charge is -2.36. The van der Waals surface area contributed by atoms with Crippen LogP contribution < -0.4 is 15.0 Å². The van der Waals surface area contributed by atoms with Crippen molar-refractivity contribution in [3.8, 4) is 5.75 Å². The van der Waals surface area contributed by atoms with Crippen LogP contribution in [-0.2, 0) is 4.79 Å². The van der Waals surface area contributed by atoms with Crippen LogP contribution in [0.25, 0.3) is 0 Å². The molecule has 0 aromatic heterocycles. The smallest absolute Gasteiger partial charge is 0.224 e. The van der Waals surface area contributed by atoms with E-state index in [-0.39, 0.29) is 5.91 Å². The molecule has 26 heavy (non-hydrogen) atoms. The van der Waals surface area contributed by atoms with E-state index >= 15 is 0 Å². The van der Waals surface area contributed by atoms with Crippen molar-refractivity contribution in [1.29, 1.82) is 0 Å². The molecule has 1 fully saturated rings. The molecule has 0 bridgehead atoms. The number of amides is 1. The molecule has 1 saturated heterocycles. The van der Waals surface area contributed by atoms with E-state index < -0.39 is 0 Å². The minimum Gasteiger partial charge on any atom is -0.497 e. The molecule has 1 N–H and O–H groups in total. The third-order valence-corrected chi connectivity index (χ3v) is 4.79. The Labute approximate surface area is 155 Å². The quantitative estimate of drug-likeness (QED) is 0.866. The molecule has 1 aliphatic rings. The lowest BCUT2D eigenvalue weighted by atomic mass is 10.2. The molecule has 0 aliphatic carbocycles. The normalized spacial score (nSPS) is 14.2. The van der Waals surface area contributed by atoms with E-state index in [1.807, 2.05) is 29.2 Å². The molecule has 1 aliphatic heterocycles. The van der Waals surface area contributed by atoms with Gasteiger partial charge in [-0.2, -0.15) is 0 Å². The minimum atomic E-state index is 0.221. The number of carbonyl (C=O) groups excluding carboxylic acids is 1. The first kappa shape index (κ1) is 18.1. The van der Waals surface area contributed by atoms with Gasteiger partial charge in [-0.1, -0.05) is 17.7 Å². The van der Waals surface area contributed by atoms with E-state index in [4.69, 9.17) is 4.74 Å². The zero-order valence-electron chi connectivity index (χ0n) is 15.6. The maximum absolute atomic E-state index is 12.4. The zero-order valence-corrected chi connectivity index (χ0v) is 15.6. The van der Waals surface area contributed by atoms with E-state index in [1.165, 1.54) is 11.3 Å². The van der Waals surface area contributed by atoms with Gasteiger partial charge in [0.05, 0.1) is 7.11 Å². The monoisotopic (exact) mass is 353 g/mol. The number of aryl methyl sites for hydroxylation is 1. The molecule has 2 aromatic rings. The second-order valence-corrected chi connectivity index (χ2v) is 6.61. The highest BCUT2D eigenvalue weighted by Crippen LogP contribution is 2.20. The largest absolute Gasteiger partial charge is 0.497 e. The van der Waals surface area contributed by atoms with Gasteiger partial charge < -0.3 is 19.9 Å². The van der Waals surface area contributed by atoms with E-state index in [1.54, 1.807) is 7.11 Å². The number of benzene rings is 2. The summed E-state index contributed by atoms with van der Waals surface area (Å²) in [7, 11) is 1.67. The van der Waals surface area contributed by atoms with Crippen LogP contribution in [-0.4, -0.2) is 50.6 Å². The molecule has 1 heterocycles. The molecule has 5 heteroatoms. The van der Waals surface area contributed by atoms with Crippen molar-refractivity contribution in [2.45, 2.75) is 13.3 Å². The lowest BCUT2D eigenvalue weighted by molar-refractivity contribution is -0.131. The first-order chi connectivity index (χ1) is 12.7. The summed E-state index contributed by atoms with van der Waals surface area (Å²) in [6, 6.07) is 16.3. The maximum atomic E-state index is 12.4. The number of ether oxygens (including phenoxy) is 1. The number of hydrogen-bond donors (Lipinski definition) is 1. The Bertz CT molecular complexity index is 705. The number of anilines is 2. The van der Waals surface area contributed by atoms with Gasteiger partial charge in [0.15, 0.2) is 0 Å². The van der Waals surface area contributed by atoms with Gasteiger partial charge in [0.2, 0.25) is 5.91 Å². The summed E-state index contributed by atoms with van der Waals surface area (Å²) in [5, 5.41) is 3.32. The summed E-state index contributed by atoms with van der Waals surface area (Å²) < 4.78 is 5.20. The van der Waals surface area contributed by atoms with Gasteiger partial charge in [-0.3, -0.25) is 4.79 Å². The number of carbonyl (C=O) groups is 1. The lowest BCUT2D eigenvalue weighted by Crippen LogP contribution is -2.49. The van der Waals surface area contributed by atoms with E-state index in [0.717, 1.165) is 37.6 Å². The molecule has 0 atom stereocenters. The minimum absolute atomic E-state index is 0.221. The predicted octanol–water partition coefficient (Wildman–Crippen LogP) is 3.15. The molecular formula is C21H27N3O2. The number of nitrogens with one attached hydrogen (secondary N) is 1. The fourth-order valence-corrected chi connectivity index (χ4v) is 3.15. The van der Waals surface area contributed by atoms with Crippen molar-refractivity contribution in [1.82, 2.24) is 4.90 Å². The van der Waals surface area contributed by atoms with Crippen molar-refractivity contribution >= 4 is 17.3 Å².